The summed E-state index contributed by atoms with van der Waals surface area (Å²) in [5.74, 6) is -0.601. The van der Waals surface area contributed by atoms with E-state index >= 15 is 0 Å². The van der Waals surface area contributed by atoms with Crippen LogP contribution in [0.3, 0.4) is 0 Å². The molecule has 1 saturated carbocycles. The van der Waals surface area contributed by atoms with Crippen molar-refractivity contribution in [2.75, 3.05) is 12.3 Å². The summed E-state index contributed by atoms with van der Waals surface area (Å²) in [5.41, 5.74) is 5.69. The van der Waals surface area contributed by atoms with Crippen LogP contribution in [-0.4, -0.2) is 22.5 Å². The van der Waals surface area contributed by atoms with E-state index in [0.29, 0.717) is 0 Å². The molecular formula is C18H19N3O4. The predicted octanol–water partition coefficient (Wildman–Crippen LogP) is 2.42. The minimum Gasteiger partial charge on any atom is -0.398 e. The Balaban J connectivity index is 1.74. The molecule has 0 aromatic heterocycles. The number of nitro groups is 1. The van der Waals surface area contributed by atoms with Crippen molar-refractivity contribution in [1.29, 1.82) is 0 Å². The minimum atomic E-state index is -0.697. The van der Waals surface area contributed by atoms with E-state index in [9.17, 15) is 20.0 Å². The highest BCUT2D eigenvalue weighted by Gasteiger charge is 2.49. The topological polar surface area (TPSA) is 118 Å². The highest BCUT2D eigenvalue weighted by molar-refractivity contribution is 6.03. The number of anilines is 1. The Hall–Kier alpha value is -2.93. The number of nitrogens with two attached hydrogens (primary N) is 1. The van der Waals surface area contributed by atoms with Crippen molar-refractivity contribution in [3.63, 3.8) is 0 Å². The number of benzene rings is 2. The van der Waals surface area contributed by atoms with E-state index < -0.39 is 22.3 Å². The smallest absolute Gasteiger partial charge is 0.284 e. The maximum Gasteiger partial charge on any atom is 0.284 e. The Morgan fingerprint density at radius 2 is 1.92 bits per heavy atom. The Bertz CT molecular complexity index is 803. The van der Waals surface area contributed by atoms with Crippen LogP contribution in [0.4, 0.5) is 11.4 Å². The molecular weight excluding hydrogens is 322 g/mol. The van der Waals surface area contributed by atoms with Gasteiger partial charge in [-0.05, 0) is 24.5 Å². The van der Waals surface area contributed by atoms with Gasteiger partial charge in [-0.25, -0.2) is 0 Å². The first-order valence-corrected chi connectivity index (χ1v) is 7.99. The first-order chi connectivity index (χ1) is 11.9. The van der Waals surface area contributed by atoms with Gasteiger partial charge in [-0.3, -0.25) is 14.9 Å². The third kappa shape index (κ3) is 3.32. The Labute approximate surface area is 144 Å². The molecule has 0 aliphatic heterocycles. The standard InChI is InChI=1S/C18H19N3O4/c19-13-7-4-8-14(21(24)25)15(13)17(23)20-11-18(9-10-18)16(22)12-5-2-1-3-6-12/h1-8,16,22H,9-11,19H2,(H,20,23). The normalized spacial score (nSPS) is 16.0. The lowest BCUT2D eigenvalue weighted by molar-refractivity contribution is -0.385. The monoisotopic (exact) mass is 341 g/mol. The number of carbonyl (C=O) groups is 1. The summed E-state index contributed by atoms with van der Waals surface area (Å²) in [7, 11) is 0. The summed E-state index contributed by atoms with van der Waals surface area (Å²) < 4.78 is 0. The number of nitrogens with zero attached hydrogens (tertiary/aromatic N) is 1. The molecule has 0 saturated heterocycles. The van der Waals surface area contributed by atoms with Crippen LogP contribution in [0, 0.1) is 15.5 Å². The molecule has 0 heterocycles. The predicted molar refractivity (Wildman–Crippen MR) is 92.9 cm³/mol. The number of aliphatic hydroxyl groups is 1. The maximum absolute atomic E-state index is 12.4. The molecule has 7 heteroatoms. The molecule has 3 rings (SSSR count). The number of rotatable bonds is 6. The van der Waals surface area contributed by atoms with Crippen LogP contribution in [0.5, 0.6) is 0 Å². The van der Waals surface area contributed by atoms with Gasteiger partial charge in [-0.15, -0.1) is 0 Å². The minimum absolute atomic E-state index is 0.0557. The number of amides is 1. The second-order valence-electron chi connectivity index (χ2n) is 6.36. The number of hydrogen-bond donors (Lipinski definition) is 3. The highest BCUT2D eigenvalue weighted by atomic mass is 16.6. The lowest BCUT2D eigenvalue weighted by atomic mass is 9.92. The molecule has 1 amide bonds. The van der Waals surface area contributed by atoms with Gasteiger partial charge in [0.05, 0.1) is 16.7 Å². The van der Waals surface area contributed by atoms with Crippen molar-refractivity contribution in [3.8, 4) is 0 Å². The molecule has 4 N–H and O–H groups in total. The Morgan fingerprint density at radius 1 is 1.24 bits per heavy atom. The van der Waals surface area contributed by atoms with Gasteiger partial charge in [-0.1, -0.05) is 36.4 Å². The lowest BCUT2D eigenvalue weighted by Gasteiger charge is -2.23. The third-order valence-electron chi connectivity index (χ3n) is 4.69. The van der Waals surface area contributed by atoms with Crippen LogP contribution in [0.15, 0.2) is 48.5 Å². The van der Waals surface area contributed by atoms with Crippen molar-refractivity contribution < 1.29 is 14.8 Å². The van der Waals surface area contributed by atoms with Crippen LogP contribution in [-0.2, 0) is 0 Å². The first-order valence-electron chi connectivity index (χ1n) is 7.99. The summed E-state index contributed by atoms with van der Waals surface area (Å²) in [6.45, 7) is 0.230. The molecule has 1 aliphatic carbocycles. The van der Waals surface area contributed by atoms with Crippen molar-refractivity contribution in [2.24, 2.45) is 5.41 Å². The third-order valence-corrected chi connectivity index (χ3v) is 4.69. The van der Waals surface area contributed by atoms with Gasteiger partial charge < -0.3 is 16.2 Å². The van der Waals surface area contributed by atoms with Crippen molar-refractivity contribution >= 4 is 17.3 Å². The summed E-state index contributed by atoms with van der Waals surface area (Å²) >= 11 is 0. The maximum atomic E-state index is 12.4. The van der Waals surface area contributed by atoms with E-state index in [1.54, 1.807) is 0 Å². The number of carbonyl (C=O) groups excluding carboxylic acids is 1. The average Bonchev–Trinajstić information content (AvgIpc) is 3.40. The van der Waals surface area contributed by atoms with Crippen LogP contribution >= 0.6 is 0 Å². The zero-order valence-electron chi connectivity index (χ0n) is 13.5. The summed E-state index contributed by atoms with van der Waals surface area (Å²) in [5, 5.41) is 24.4. The molecule has 1 aliphatic rings. The Morgan fingerprint density at radius 3 is 2.52 bits per heavy atom. The van der Waals surface area contributed by atoms with Gasteiger partial charge in [0.2, 0.25) is 0 Å². The number of nitrogens with one attached hydrogen (secondary N) is 1. The van der Waals surface area contributed by atoms with Gasteiger partial charge >= 0.3 is 0 Å². The SMILES string of the molecule is Nc1cccc([N+](=O)[O-])c1C(=O)NCC1(C(O)c2ccccc2)CC1. The van der Waals surface area contributed by atoms with Crippen LogP contribution in [0.1, 0.15) is 34.9 Å². The van der Waals surface area contributed by atoms with E-state index in [0.717, 1.165) is 18.4 Å². The number of nitro benzene ring substituents is 1. The molecule has 2 aromatic rings. The fraction of sp³-hybridized carbons (Fsp3) is 0.278. The van der Waals surface area contributed by atoms with Gasteiger partial charge in [-0.2, -0.15) is 0 Å². The molecule has 1 atom stereocenters. The molecule has 0 spiro atoms. The second kappa shape index (κ2) is 6.52. The first kappa shape index (κ1) is 16.9. The average molecular weight is 341 g/mol. The zero-order valence-corrected chi connectivity index (χ0v) is 13.5. The molecule has 0 radical (unpaired) electrons. The second-order valence-corrected chi connectivity index (χ2v) is 6.36. The van der Waals surface area contributed by atoms with Crippen molar-refractivity contribution in [1.82, 2.24) is 5.32 Å². The van der Waals surface area contributed by atoms with Crippen LogP contribution in [0.25, 0.3) is 0 Å². The molecule has 1 fully saturated rings. The molecule has 130 valence electrons. The quantitative estimate of drug-likeness (QED) is 0.423. The van der Waals surface area contributed by atoms with E-state index in [1.165, 1.54) is 18.2 Å². The lowest BCUT2D eigenvalue weighted by Crippen LogP contribution is -2.34. The van der Waals surface area contributed by atoms with Gasteiger partial charge in [0.1, 0.15) is 5.56 Å². The molecule has 2 aromatic carbocycles. The largest absolute Gasteiger partial charge is 0.398 e. The number of nitrogen functional groups attached to an aromatic ring is 1. The summed E-state index contributed by atoms with van der Waals surface area (Å²) in [6.07, 6.45) is 0.850. The molecule has 25 heavy (non-hydrogen) atoms. The van der Waals surface area contributed by atoms with Crippen molar-refractivity contribution in [2.45, 2.75) is 18.9 Å². The molecule has 1 unspecified atom stereocenters. The van der Waals surface area contributed by atoms with Gasteiger partial charge in [0, 0.05) is 18.0 Å². The van der Waals surface area contributed by atoms with Crippen molar-refractivity contribution in [3.05, 3.63) is 69.8 Å². The Kier molecular flexibility index (Phi) is 4.41. The number of aliphatic hydroxyl groups excluding tert-OH is 1. The summed E-state index contributed by atoms with van der Waals surface area (Å²) in [4.78, 5) is 22.9. The molecule has 7 nitrogen and oxygen atoms in total. The van der Waals surface area contributed by atoms with Gasteiger partial charge in [0.25, 0.3) is 11.6 Å². The molecule has 0 bridgehead atoms. The van der Waals surface area contributed by atoms with Crippen LogP contribution in [0.2, 0.25) is 0 Å². The fourth-order valence-corrected chi connectivity index (χ4v) is 3.00. The van der Waals surface area contributed by atoms with Crippen LogP contribution < -0.4 is 11.1 Å². The van der Waals surface area contributed by atoms with E-state index in [4.69, 9.17) is 5.73 Å². The number of hydrogen-bond acceptors (Lipinski definition) is 5. The van der Waals surface area contributed by atoms with E-state index in [-0.39, 0.29) is 23.5 Å². The van der Waals surface area contributed by atoms with E-state index in [2.05, 4.69) is 5.32 Å². The highest BCUT2D eigenvalue weighted by Crippen LogP contribution is 2.54. The van der Waals surface area contributed by atoms with Gasteiger partial charge in [0.15, 0.2) is 0 Å². The summed E-state index contributed by atoms with van der Waals surface area (Å²) in [6, 6.07) is 13.4. The van der Waals surface area contributed by atoms with E-state index in [1.807, 2.05) is 30.3 Å². The zero-order chi connectivity index (χ0) is 18.0. The fourth-order valence-electron chi connectivity index (χ4n) is 3.00.